The summed E-state index contributed by atoms with van der Waals surface area (Å²) in [5.41, 5.74) is 7.94. The van der Waals surface area contributed by atoms with Crippen LogP contribution >= 0.6 is 15.9 Å². The van der Waals surface area contributed by atoms with Crippen molar-refractivity contribution in [1.82, 2.24) is 4.98 Å². The van der Waals surface area contributed by atoms with Gasteiger partial charge in [0.15, 0.2) is 0 Å². The largest absolute Gasteiger partial charge is 0.397 e. The summed E-state index contributed by atoms with van der Waals surface area (Å²) in [5.74, 6) is -0.223. The molecule has 0 aliphatic heterocycles. The molecule has 92 valence electrons. The third kappa shape index (κ3) is 2.68. The van der Waals surface area contributed by atoms with Crippen LogP contribution in [0, 0.1) is 6.92 Å². The van der Waals surface area contributed by atoms with Crippen molar-refractivity contribution in [2.75, 3.05) is 11.1 Å². The Morgan fingerprint density at radius 3 is 2.83 bits per heavy atom. The third-order valence-electron chi connectivity index (χ3n) is 2.47. The quantitative estimate of drug-likeness (QED) is 0.896. The number of benzene rings is 1. The van der Waals surface area contributed by atoms with E-state index in [0.29, 0.717) is 22.6 Å². The molecule has 1 aromatic carbocycles. The van der Waals surface area contributed by atoms with Crippen LogP contribution in [0.5, 0.6) is 0 Å². The highest BCUT2D eigenvalue weighted by atomic mass is 79.9. The van der Waals surface area contributed by atoms with Crippen LogP contribution in [0.1, 0.15) is 16.1 Å². The molecule has 0 spiro atoms. The molecule has 0 unspecified atom stereocenters. The number of amides is 1. The summed E-state index contributed by atoms with van der Waals surface area (Å²) in [6.07, 6.45) is 1.53. The van der Waals surface area contributed by atoms with Gasteiger partial charge in [0.2, 0.25) is 0 Å². The smallest absolute Gasteiger partial charge is 0.257 e. The van der Waals surface area contributed by atoms with E-state index in [1.165, 1.54) is 6.20 Å². The summed E-state index contributed by atoms with van der Waals surface area (Å²) in [5, 5.41) is 2.81. The van der Waals surface area contributed by atoms with Crippen molar-refractivity contribution < 1.29 is 4.79 Å². The molecule has 0 aliphatic carbocycles. The number of carbonyl (C=O) groups excluding carboxylic acids is 1. The Morgan fingerprint density at radius 2 is 2.11 bits per heavy atom. The van der Waals surface area contributed by atoms with Gasteiger partial charge in [0, 0.05) is 4.47 Å². The Balaban J connectivity index is 2.28. The van der Waals surface area contributed by atoms with E-state index in [1.54, 1.807) is 13.0 Å². The van der Waals surface area contributed by atoms with Crippen LogP contribution in [-0.4, -0.2) is 10.9 Å². The van der Waals surface area contributed by atoms with Gasteiger partial charge in [0.05, 0.1) is 28.8 Å². The fourth-order valence-electron chi connectivity index (χ4n) is 1.53. The number of anilines is 2. The number of pyridine rings is 1. The predicted octanol–water partition coefficient (Wildman–Crippen LogP) is 2.99. The van der Waals surface area contributed by atoms with Crippen LogP contribution in [0.2, 0.25) is 0 Å². The van der Waals surface area contributed by atoms with E-state index >= 15 is 0 Å². The molecule has 0 saturated carbocycles. The molecule has 0 bridgehead atoms. The molecule has 0 atom stereocenters. The van der Waals surface area contributed by atoms with Gasteiger partial charge in [-0.25, -0.2) is 0 Å². The van der Waals surface area contributed by atoms with Gasteiger partial charge in [-0.3, -0.25) is 9.78 Å². The number of aromatic nitrogens is 1. The zero-order chi connectivity index (χ0) is 13.1. The lowest BCUT2D eigenvalue weighted by Crippen LogP contribution is -2.14. The second-order valence-corrected chi connectivity index (χ2v) is 4.69. The summed E-state index contributed by atoms with van der Waals surface area (Å²) in [4.78, 5) is 16.2. The molecule has 0 fully saturated rings. The normalized spacial score (nSPS) is 10.1. The monoisotopic (exact) mass is 305 g/mol. The number of rotatable bonds is 2. The molecule has 1 aromatic heterocycles. The summed E-state index contributed by atoms with van der Waals surface area (Å²) >= 11 is 3.38. The average Bonchev–Trinajstić information content (AvgIpc) is 2.35. The number of para-hydroxylation sites is 1. The molecule has 1 amide bonds. The van der Waals surface area contributed by atoms with Crippen molar-refractivity contribution in [1.29, 1.82) is 0 Å². The first-order valence-electron chi connectivity index (χ1n) is 5.36. The van der Waals surface area contributed by atoms with Gasteiger partial charge >= 0.3 is 0 Å². The van der Waals surface area contributed by atoms with E-state index in [0.717, 1.165) is 4.47 Å². The second-order valence-electron chi connectivity index (χ2n) is 3.84. The van der Waals surface area contributed by atoms with Crippen molar-refractivity contribution in [3.63, 3.8) is 0 Å². The van der Waals surface area contributed by atoms with Crippen molar-refractivity contribution in [3.05, 3.63) is 52.3 Å². The zero-order valence-electron chi connectivity index (χ0n) is 9.77. The van der Waals surface area contributed by atoms with Gasteiger partial charge in [-0.15, -0.1) is 0 Å². The fourth-order valence-corrected chi connectivity index (χ4v) is 1.92. The lowest BCUT2D eigenvalue weighted by atomic mass is 10.1. The number of nitrogen functional groups attached to an aromatic ring is 1. The number of aryl methyl sites for hydroxylation is 1. The van der Waals surface area contributed by atoms with Crippen LogP contribution in [-0.2, 0) is 0 Å². The second kappa shape index (κ2) is 5.18. The Kier molecular flexibility index (Phi) is 3.62. The van der Waals surface area contributed by atoms with Crippen molar-refractivity contribution in [2.24, 2.45) is 0 Å². The fraction of sp³-hybridized carbons (Fsp3) is 0.0769. The molecule has 2 aromatic rings. The lowest BCUT2D eigenvalue weighted by molar-refractivity contribution is 0.102. The van der Waals surface area contributed by atoms with Crippen molar-refractivity contribution >= 4 is 33.2 Å². The van der Waals surface area contributed by atoms with Gasteiger partial charge in [-0.2, -0.15) is 0 Å². The van der Waals surface area contributed by atoms with Crippen molar-refractivity contribution in [2.45, 2.75) is 6.92 Å². The predicted molar refractivity (Wildman–Crippen MR) is 75.5 cm³/mol. The molecule has 0 radical (unpaired) electrons. The first kappa shape index (κ1) is 12.6. The van der Waals surface area contributed by atoms with Crippen molar-refractivity contribution in [3.8, 4) is 0 Å². The maximum Gasteiger partial charge on any atom is 0.257 e. The minimum atomic E-state index is -0.223. The van der Waals surface area contributed by atoms with Gasteiger partial charge in [0.1, 0.15) is 0 Å². The van der Waals surface area contributed by atoms with E-state index in [9.17, 15) is 4.79 Å². The van der Waals surface area contributed by atoms with Crippen LogP contribution in [0.15, 0.2) is 41.0 Å². The highest BCUT2D eigenvalue weighted by Gasteiger charge is 2.11. The van der Waals surface area contributed by atoms with E-state index < -0.39 is 0 Å². The number of nitrogens with two attached hydrogens (primary N) is 1. The number of halogens is 1. The molecule has 2 rings (SSSR count). The number of hydrogen-bond donors (Lipinski definition) is 2. The van der Waals surface area contributed by atoms with Gasteiger partial charge in [0.25, 0.3) is 5.91 Å². The number of nitrogens with zero attached hydrogens (tertiary/aromatic N) is 1. The number of hydrogen-bond acceptors (Lipinski definition) is 3. The third-order valence-corrected chi connectivity index (χ3v) is 3.17. The molecular formula is C13H12BrN3O. The zero-order valence-corrected chi connectivity index (χ0v) is 11.4. The lowest BCUT2D eigenvalue weighted by Gasteiger charge is -2.09. The van der Waals surface area contributed by atoms with Crippen LogP contribution in [0.4, 0.5) is 11.4 Å². The molecule has 3 N–H and O–H groups in total. The molecule has 5 heteroatoms. The summed E-state index contributed by atoms with van der Waals surface area (Å²) < 4.78 is 0.827. The molecular weight excluding hydrogens is 294 g/mol. The number of carbonyl (C=O) groups is 1. The molecule has 18 heavy (non-hydrogen) atoms. The summed E-state index contributed by atoms with van der Waals surface area (Å²) in [7, 11) is 0. The Hall–Kier alpha value is -1.88. The molecule has 0 saturated heterocycles. The maximum atomic E-state index is 12.1. The Bertz CT molecular complexity index is 599. The highest BCUT2D eigenvalue weighted by molar-refractivity contribution is 9.10. The first-order chi connectivity index (χ1) is 8.58. The van der Waals surface area contributed by atoms with Crippen LogP contribution in [0.25, 0.3) is 0 Å². The molecule has 1 heterocycles. The van der Waals surface area contributed by atoms with Gasteiger partial charge in [-0.1, -0.05) is 12.1 Å². The van der Waals surface area contributed by atoms with Crippen LogP contribution < -0.4 is 11.1 Å². The van der Waals surface area contributed by atoms with E-state index in [4.69, 9.17) is 5.73 Å². The minimum absolute atomic E-state index is 0.223. The van der Waals surface area contributed by atoms with Crippen LogP contribution in [0.3, 0.4) is 0 Å². The molecule has 4 nitrogen and oxygen atoms in total. The van der Waals surface area contributed by atoms with E-state index in [2.05, 4.69) is 26.2 Å². The van der Waals surface area contributed by atoms with Gasteiger partial charge in [-0.05, 0) is 41.1 Å². The summed E-state index contributed by atoms with van der Waals surface area (Å²) in [6, 6.07) is 9.03. The van der Waals surface area contributed by atoms with E-state index in [1.807, 2.05) is 24.3 Å². The first-order valence-corrected chi connectivity index (χ1v) is 6.15. The average molecular weight is 306 g/mol. The molecule has 0 aliphatic rings. The Morgan fingerprint density at radius 1 is 1.39 bits per heavy atom. The van der Waals surface area contributed by atoms with Gasteiger partial charge < -0.3 is 11.1 Å². The number of nitrogens with one attached hydrogen (secondary N) is 1. The van der Waals surface area contributed by atoms with E-state index in [-0.39, 0.29) is 5.91 Å². The Labute approximate surface area is 113 Å². The standard InChI is InChI=1S/C13H12BrN3O/c1-8-10(6-9(15)7-16-8)13(18)17-12-5-3-2-4-11(12)14/h2-7H,15H2,1H3,(H,17,18). The summed E-state index contributed by atoms with van der Waals surface area (Å²) in [6.45, 7) is 1.77. The maximum absolute atomic E-state index is 12.1. The highest BCUT2D eigenvalue weighted by Crippen LogP contribution is 2.22. The SMILES string of the molecule is Cc1ncc(N)cc1C(=O)Nc1ccccc1Br. The minimum Gasteiger partial charge on any atom is -0.397 e. The topological polar surface area (TPSA) is 68.0 Å².